The SMILES string of the molecule is CC(C)=CCC/C(C)=C/CC/C=C/COP(=O)(O)OP(=O)(O)O. The Balaban J connectivity index is 3.93. The van der Waals surface area contributed by atoms with Crippen LogP contribution in [0.15, 0.2) is 35.5 Å². The quantitative estimate of drug-likeness (QED) is 0.284. The Morgan fingerprint density at radius 2 is 1.61 bits per heavy atom. The van der Waals surface area contributed by atoms with E-state index in [4.69, 9.17) is 14.7 Å². The minimum atomic E-state index is -5.05. The Morgan fingerprint density at radius 3 is 2.17 bits per heavy atom. The van der Waals surface area contributed by atoms with E-state index in [2.05, 4.69) is 41.8 Å². The molecule has 7 nitrogen and oxygen atoms in total. The summed E-state index contributed by atoms with van der Waals surface area (Å²) in [6.45, 7) is 5.95. The molecule has 0 radical (unpaired) electrons. The maximum atomic E-state index is 11.1. The van der Waals surface area contributed by atoms with Crippen LogP contribution in [0.5, 0.6) is 0 Å². The summed E-state index contributed by atoms with van der Waals surface area (Å²) in [4.78, 5) is 25.9. The molecule has 0 aromatic heterocycles. The molecule has 3 N–H and O–H groups in total. The van der Waals surface area contributed by atoms with Crippen molar-refractivity contribution in [3.63, 3.8) is 0 Å². The lowest BCUT2D eigenvalue weighted by Crippen LogP contribution is -1.93. The van der Waals surface area contributed by atoms with Gasteiger partial charge in [0.25, 0.3) is 0 Å². The average Bonchev–Trinajstić information content (AvgIpc) is 2.34. The van der Waals surface area contributed by atoms with Crippen LogP contribution in [0.4, 0.5) is 0 Å². The summed E-state index contributed by atoms with van der Waals surface area (Å²) in [7, 11) is -9.79. The van der Waals surface area contributed by atoms with E-state index in [1.165, 1.54) is 17.2 Å². The normalized spacial score (nSPS) is 15.7. The molecule has 0 amide bonds. The van der Waals surface area contributed by atoms with E-state index in [-0.39, 0.29) is 6.61 Å². The molecule has 0 aromatic rings. The first kappa shape index (κ1) is 22.5. The van der Waals surface area contributed by atoms with Gasteiger partial charge in [0.15, 0.2) is 0 Å². The van der Waals surface area contributed by atoms with Gasteiger partial charge in [0.05, 0.1) is 6.61 Å². The van der Waals surface area contributed by atoms with Crippen molar-refractivity contribution in [2.45, 2.75) is 46.5 Å². The van der Waals surface area contributed by atoms with Gasteiger partial charge in [-0.25, -0.2) is 9.13 Å². The lowest BCUT2D eigenvalue weighted by Gasteiger charge is -2.10. The highest BCUT2D eigenvalue weighted by atomic mass is 31.3. The molecule has 0 fully saturated rings. The van der Waals surface area contributed by atoms with E-state index in [9.17, 15) is 9.13 Å². The Morgan fingerprint density at radius 1 is 0.957 bits per heavy atom. The molecular formula is C14H26O7P2. The highest BCUT2D eigenvalue weighted by molar-refractivity contribution is 7.60. The molecule has 134 valence electrons. The van der Waals surface area contributed by atoms with Crippen molar-refractivity contribution >= 4 is 15.6 Å². The standard InChI is InChI=1S/C14H26O7P2/c1-13(2)9-8-11-14(3)10-6-4-5-7-12-20-23(18,19)21-22(15,16)17/h5,7,9-10H,4,6,8,11-12H2,1-3H3,(H,18,19)(H2,15,16,17)/b7-5+,14-10+. The zero-order chi connectivity index (χ0) is 17.9. The van der Waals surface area contributed by atoms with Crippen molar-refractivity contribution in [3.05, 3.63) is 35.5 Å². The Labute approximate surface area is 137 Å². The molecule has 0 spiro atoms. The number of phosphoric acid groups is 2. The number of unbranched alkanes of at least 4 members (excludes halogenated alkanes) is 1. The van der Waals surface area contributed by atoms with Crippen LogP contribution in [0, 0.1) is 0 Å². The summed E-state index contributed by atoms with van der Waals surface area (Å²) >= 11 is 0. The molecular weight excluding hydrogens is 342 g/mol. The number of hydrogen-bond donors (Lipinski definition) is 3. The predicted molar refractivity (Wildman–Crippen MR) is 89.7 cm³/mol. The van der Waals surface area contributed by atoms with Crippen LogP contribution in [0.1, 0.15) is 46.5 Å². The largest absolute Gasteiger partial charge is 0.481 e. The molecule has 1 atom stereocenters. The van der Waals surface area contributed by atoms with Crippen molar-refractivity contribution in [2.24, 2.45) is 0 Å². The third-order valence-electron chi connectivity index (χ3n) is 2.63. The van der Waals surface area contributed by atoms with E-state index < -0.39 is 15.6 Å². The molecule has 1 unspecified atom stereocenters. The minimum Gasteiger partial charge on any atom is -0.302 e. The molecule has 0 rings (SSSR count). The van der Waals surface area contributed by atoms with E-state index in [0.29, 0.717) is 0 Å². The van der Waals surface area contributed by atoms with Crippen LogP contribution in [0.3, 0.4) is 0 Å². The van der Waals surface area contributed by atoms with Gasteiger partial charge in [0.2, 0.25) is 0 Å². The van der Waals surface area contributed by atoms with Crippen LogP contribution >= 0.6 is 15.6 Å². The summed E-state index contributed by atoms with van der Waals surface area (Å²) in [5.74, 6) is 0. The lowest BCUT2D eigenvalue weighted by atomic mass is 10.1. The van der Waals surface area contributed by atoms with Gasteiger partial charge >= 0.3 is 15.6 Å². The predicted octanol–water partition coefficient (Wildman–Crippen LogP) is 4.24. The van der Waals surface area contributed by atoms with E-state index >= 15 is 0 Å². The fourth-order valence-corrected chi connectivity index (χ4v) is 3.14. The van der Waals surface area contributed by atoms with Crippen LogP contribution in [0.2, 0.25) is 0 Å². The van der Waals surface area contributed by atoms with Crippen molar-refractivity contribution in [1.82, 2.24) is 0 Å². The van der Waals surface area contributed by atoms with Gasteiger partial charge in [-0.05, 0) is 46.5 Å². The monoisotopic (exact) mass is 368 g/mol. The minimum absolute atomic E-state index is 0.267. The van der Waals surface area contributed by atoms with Crippen molar-refractivity contribution in [3.8, 4) is 0 Å². The maximum Gasteiger partial charge on any atom is 0.481 e. The van der Waals surface area contributed by atoms with Gasteiger partial charge in [-0.3, -0.25) is 4.52 Å². The summed E-state index contributed by atoms with van der Waals surface area (Å²) in [6.07, 6.45) is 11.2. The summed E-state index contributed by atoms with van der Waals surface area (Å²) in [6, 6.07) is 0. The highest BCUT2D eigenvalue weighted by Crippen LogP contribution is 2.57. The smallest absolute Gasteiger partial charge is 0.302 e. The Bertz CT molecular complexity index is 527. The van der Waals surface area contributed by atoms with Gasteiger partial charge in [0.1, 0.15) is 0 Å². The zero-order valence-corrected chi connectivity index (χ0v) is 15.5. The Kier molecular flexibility index (Phi) is 10.9. The van der Waals surface area contributed by atoms with Gasteiger partial charge in [-0.2, -0.15) is 4.31 Å². The fourth-order valence-electron chi connectivity index (χ4n) is 1.60. The first-order chi connectivity index (χ1) is 10.5. The summed E-state index contributed by atoms with van der Waals surface area (Å²) in [5, 5.41) is 0. The van der Waals surface area contributed by atoms with Crippen molar-refractivity contribution in [1.29, 1.82) is 0 Å². The molecule has 9 heteroatoms. The molecule has 0 aliphatic heterocycles. The molecule has 0 bridgehead atoms. The maximum absolute atomic E-state index is 11.1. The molecule has 0 aromatic carbocycles. The van der Waals surface area contributed by atoms with Crippen LogP contribution in [0.25, 0.3) is 0 Å². The average molecular weight is 368 g/mol. The van der Waals surface area contributed by atoms with E-state index in [0.717, 1.165) is 25.7 Å². The second-order valence-electron chi connectivity index (χ2n) is 5.26. The highest BCUT2D eigenvalue weighted by Gasteiger charge is 2.31. The van der Waals surface area contributed by atoms with Crippen LogP contribution in [-0.2, 0) is 18.0 Å². The number of phosphoric ester groups is 1. The third kappa shape index (κ3) is 16.1. The Hall–Kier alpha value is -0.520. The first-order valence-electron chi connectivity index (χ1n) is 7.20. The van der Waals surface area contributed by atoms with Gasteiger partial charge in [-0.1, -0.05) is 35.5 Å². The van der Waals surface area contributed by atoms with Crippen LogP contribution < -0.4 is 0 Å². The zero-order valence-electron chi connectivity index (χ0n) is 13.7. The number of hydrogen-bond acceptors (Lipinski definition) is 4. The lowest BCUT2D eigenvalue weighted by molar-refractivity contribution is 0.191. The molecule has 0 aliphatic rings. The van der Waals surface area contributed by atoms with E-state index in [1.807, 2.05) is 0 Å². The molecule has 0 saturated heterocycles. The van der Waals surface area contributed by atoms with Gasteiger partial charge < -0.3 is 14.7 Å². The third-order valence-corrected chi connectivity index (χ3v) is 4.78. The van der Waals surface area contributed by atoms with Gasteiger partial charge in [-0.15, -0.1) is 0 Å². The molecule has 23 heavy (non-hydrogen) atoms. The first-order valence-corrected chi connectivity index (χ1v) is 10.2. The van der Waals surface area contributed by atoms with E-state index in [1.54, 1.807) is 6.08 Å². The number of rotatable bonds is 11. The van der Waals surface area contributed by atoms with Crippen molar-refractivity contribution in [2.75, 3.05) is 6.61 Å². The summed E-state index contributed by atoms with van der Waals surface area (Å²) < 4.78 is 29.6. The second-order valence-corrected chi connectivity index (χ2v) is 8.09. The topological polar surface area (TPSA) is 113 Å². The molecule has 0 heterocycles. The second kappa shape index (κ2) is 11.1. The molecule has 0 aliphatic carbocycles. The van der Waals surface area contributed by atoms with Crippen molar-refractivity contribution < 1.29 is 32.6 Å². The fraction of sp³-hybridized carbons (Fsp3) is 0.571. The molecule has 0 saturated carbocycles. The summed E-state index contributed by atoms with van der Waals surface area (Å²) in [5.41, 5.74) is 2.62. The number of allylic oxidation sites excluding steroid dienone is 5. The van der Waals surface area contributed by atoms with Crippen LogP contribution in [-0.4, -0.2) is 21.3 Å². The van der Waals surface area contributed by atoms with Gasteiger partial charge in [0, 0.05) is 0 Å².